The monoisotopic (exact) mass is 456 g/mol. The number of hydrogen-bond acceptors (Lipinski definition) is 6. The van der Waals surface area contributed by atoms with Crippen molar-refractivity contribution < 1.29 is 9.53 Å². The van der Waals surface area contributed by atoms with E-state index in [-0.39, 0.29) is 17.8 Å². The molecule has 0 aliphatic carbocycles. The van der Waals surface area contributed by atoms with Gasteiger partial charge >= 0.3 is 0 Å². The van der Waals surface area contributed by atoms with Crippen molar-refractivity contribution in [2.24, 2.45) is 20.8 Å². The maximum atomic E-state index is 12.2. The van der Waals surface area contributed by atoms with Gasteiger partial charge in [0.2, 0.25) is 5.91 Å². The van der Waals surface area contributed by atoms with Crippen LogP contribution in [0.5, 0.6) is 11.5 Å². The Morgan fingerprint density at radius 1 is 1.18 bits per heavy atom. The minimum absolute atomic E-state index is 0.0397. The van der Waals surface area contributed by atoms with Crippen LogP contribution in [-0.2, 0) is 4.79 Å². The zero-order valence-corrected chi connectivity index (χ0v) is 19.2. The largest absolute Gasteiger partial charge is 0.457 e. The summed E-state index contributed by atoms with van der Waals surface area (Å²) >= 11 is 0. The van der Waals surface area contributed by atoms with Gasteiger partial charge in [0.05, 0.1) is 11.6 Å². The summed E-state index contributed by atoms with van der Waals surface area (Å²) in [7, 11) is 1.70. The highest BCUT2D eigenvalue weighted by Gasteiger charge is 2.37. The van der Waals surface area contributed by atoms with Crippen LogP contribution >= 0.6 is 0 Å². The summed E-state index contributed by atoms with van der Waals surface area (Å²) in [4.78, 5) is 22.5. The van der Waals surface area contributed by atoms with Gasteiger partial charge in [0.25, 0.3) is 0 Å². The van der Waals surface area contributed by atoms with E-state index in [0.29, 0.717) is 36.0 Å². The minimum atomic E-state index is -0.0832. The number of aliphatic imine (C=N–C) groups is 2. The number of rotatable bonds is 6. The molecule has 1 saturated heterocycles. The van der Waals surface area contributed by atoms with Gasteiger partial charge in [-0.15, -0.1) is 0 Å². The Bertz CT molecular complexity index is 1170. The van der Waals surface area contributed by atoms with Crippen LogP contribution in [0.25, 0.3) is 0 Å². The molecule has 0 bridgehead atoms. The maximum Gasteiger partial charge on any atom is 0.246 e. The lowest BCUT2D eigenvalue weighted by molar-refractivity contribution is -0.127. The molecule has 0 saturated carbocycles. The normalized spacial score (nSPS) is 20.7. The third kappa shape index (κ3) is 4.61. The van der Waals surface area contributed by atoms with Gasteiger partial charge in [0.15, 0.2) is 5.84 Å². The molecule has 2 aliphatic rings. The first kappa shape index (κ1) is 23.0. The molecule has 1 amide bonds. The maximum absolute atomic E-state index is 12.2. The summed E-state index contributed by atoms with van der Waals surface area (Å²) in [6.45, 7) is 8.44. The number of amides is 1. The van der Waals surface area contributed by atoms with Gasteiger partial charge in [0.1, 0.15) is 23.0 Å². The summed E-state index contributed by atoms with van der Waals surface area (Å²) in [5.74, 6) is 2.25. The molecule has 0 unspecified atom stereocenters. The number of carbonyl (C=O) groups excluding carboxylic acids is 1. The number of benzene rings is 2. The number of amidine groups is 1. The fourth-order valence-corrected chi connectivity index (χ4v) is 4.20. The minimum Gasteiger partial charge on any atom is -0.457 e. The second kappa shape index (κ2) is 10.2. The van der Waals surface area contributed by atoms with E-state index >= 15 is 0 Å². The van der Waals surface area contributed by atoms with Crippen LogP contribution in [0.4, 0.5) is 0 Å². The Balaban J connectivity index is 1.66. The Labute approximate surface area is 199 Å². The average molecular weight is 457 g/mol. The molecular weight excluding hydrogens is 428 g/mol. The van der Waals surface area contributed by atoms with E-state index in [1.807, 2.05) is 59.6 Å². The SMILES string of the molecule is C=CC(=O)N1CCC[C@@H](N2N=C(c3ccc(Oc4ccccc4)cc3)C(=C(\N)N=C)/C2=N\C)C1. The predicted molar refractivity (Wildman–Crippen MR) is 135 cm³/mol. The lowest BCUT2D eigenvalue weighted by Gasteiger charge is -2.36. The molecule has 34 heavy (non-hydrogen) atoms. The van der Waals surface area contributed by atoms with E-state index in [2.05, 4.69) is 23.3 Å². The number of likely N-dealkylation sites (tertiary alicyclic amines) is 1. The molecule has 8 nitrogen and oxygen atoms in total. The molecule has 2 aliphatic heterocycles. The summed E-state index contributed by atoms with van der Waals surface area (Å²) in [6.07, 6.45) is 3.08. The number of carbonyl (C=O) groups is 1. The molecule has 2 aromatic carbocycles. The summed E-state index contributed by atoms with van der Waals surface area (Å²) in [6, 6.07) is 17.2. The van der Waals surface area contributed by atoms with Gasteiger partial charge in [-0.3, -0.25) is 9.79 Å². The first-order valence-electron chi connectivity index (χ1n) is 11.1. The van der Waals surface area contributed by atoms with E-state index in [0.717, 1.165) is 24.2 Å². The van der Waals surface area contributed by atoms with Crippen LogP contribution in [0.2, 0.25) is 0 Å². The molecule has 8 heteroatoms. The molecule has 174 valence electrons. The zero-order chi connectivity index (χ0) is 24.1. The molecule has 0 aromatic heterocycles. The van der Waals surface area contributed by atoms with Crippen molar-refractivity contribution in [1.29, 1.82) is 0 Å². The molecule has 2 N–H and O–H groups in total. The van der Waals surface area contributed by atoms with Gasteiger partial charge in [-0.05, 0) is 62.0 Å². The molecule has 1 atom stereocenters. The van der Waals surface area contributed by atoms with Crippen molar-refractivity contribution in [3.63, 3.8) is 0 Å². The van der Waals surface area contributed by atoms with Crippen LogP contribution in [0.3, 0.4) is 0 Å². The Morgan fingerprint density at radius 2 is 1.88 bits per heavy atom. The topological polar surface area (TPSA) is 95.9 Å². The first-order chi connectivity index (χ1) is 16.5. The number of hydrogen-bond donors (Lipinski definition) is 1. The van der Waals surface area contributed by atoms with Crippen molar-refractivity contribution in [2.75, 3.05) is 20.1 Å². The molecule has 1 fully saturated rings. The Kier molecular flexibility index (Phi) is 6.87. The second-order valence-corrected chi connectivity index (χ2v) is 7.98. The highest BCUT2D eigenvalue weighted by molar-refractivity contribution is 6.32. The summed E-state index contributed by atoms with van der Waals surface area (Å²) < 4.78 is 5.91. The van der Waals surface area contributed by atoms with Gasteiger partial charge in [-0.25, -0.2) is 10.0 Å². The van der Waals surface area contributed by atoms with E-state index in [1.165, 1.54) is 6.08 Å². The van der Waals surface area contributed by atoms with Crippen molar-refractivity contribution in [3.05, 3.63) is 84.2 Å². The van der Waals surface area contributed by atoms with E-state index in [9.17, 15) is 4.79 Å². The Morgan fingerprint density at radius 3 is 2.53 bits per heavy atom. The van der Waals surface area contributed by atoms with Crippen molar-refractivity contribution in [1.82, 2.24) is 9.91 Å². The number of para-hydroxylation sites is 1. The quantitative estimate of drug-likeness (QED) is 0.531. The van der Waals surface area contributed by atoms with Gasteiger partial charge < -0.3 is 15.4 Å². The fraction of sp³-hybridized carbons (Fsp3) is 0.231. The number of piperidine rings is 1. The van der Waals surface area contributed by atoms with E-state index in [1.54, 1.807) is 11.9 Å². The molecule has 0 spiro atoms. The van der Waals surface area contributed by atoms with Crippen LogP contribution in [0.1, 0.15) is 18.4 Å². The standard InChI is InChI=1S/C26H28N6O2/c1-4-22(33)31-16-8-9-19(17-31)32-26(29-3)23(25(27)28-2)24(30-32)18-12-14-21(15-13-18)34-20-10-6-5-7-11-20/h4-7,10-15,19H,1-2,8-9,16-17,27H2,3H3/b25-23-,29-26+/t19-/m1/s1. The van der Waals surface area contributed by atoms with Crippen molar-refractivity contribution >= 4 is 24.2 Å². The molecule has 0 radical (unpaired) electrons. The average Bonchev–Trinajstić information content (AvgIpc) is 3.28. The second-order valence-electron chi connectivity index (χ2n) is 7.98. The lowest BCUT2D eigenvalue weighted by Crippen LogP contribution is -2.48. The number of nitrogens with two attached hydrogens (primary N) is 1. The number of ether oxygens (including phenoxy) is 1. The molecular formula is C26H28N6O2. The highest BCUT2D eigenvalue weighted by Crippen LogP contribution is 2.30. The third-order valence-electron chi connectivity index (χ3n) is 5.86. The zero-order valence-electron chi connectivity index (χ0n) is 19.2. The lowest BCUT2D eigenvalue weighted by atomic mass is 10.0. The summed E-state index contributed by atoms with van der Waals surface area (Å²) in [5, 5.41) is 6.77. The van der Waals surface area contributed by atoms with Crippen LogP contribution in [-0.4, -0.2) is 60.3 Å². The first-order valence-corrected chi connectivity index (χ1v) is 11.1. The smallest absolute Gasteiger partial charge is 0.246 e. The van der Waals surface area contributed by atoms with Crippen molar-refractivity contribution in [2.45, 2.75) is 18.9 Å². The van der Waals surface area contributed by atoms with Gasteiger partial charge in [0, 0.05) is 25.7 Å². The highest BCUT2D eigenvalue weighted by atomic mass is 16.5. The molecule has 2 aromatic rings. The number of nitrogens with zero attached hydrogens (tertiary/aromatic N) is 5. The van der Waals surface area contributed by atoms with Crippen LogP contribution in [0.15, 0.2) is 93.7 Å². The van der Waals surface area contributed by atoms with Crippen LogP contribution in [0, 0.1) is 0 Å². The molecule has 2 heterocycles. The van der Waals surface area contributed by atoms with Gasteiger partial charge in [-0.1, -0.05) is 24.8 Å². The van der Waals surface area contributed by atoms with E-state index in [4.69, 9.17) is 15.6 Å². The van der Waals surface area contributed by atoms with E-state index < -0.39 is 0 Å². The predicted octanol–water partition coefficient (Wildman–Crippen LogP) is 3.57. The van der Waals surface area contributed by atoms with Crippen LogP contribution < -0.4 is 10.5 Å². The van der Waals surface area contributed by atoms with Crippen molar-refractivity contribution in [3.8, 4) is 11.5 Å². The van der Waals surface area contributed by atoms with Gasteiger partial charge in [-0.2, -0.15) is 5.10 Å². The molecule has 4 rings (SSSR count). The number of hydrazone groups is 1. The summed E-state index contributed by atoms with van der Waals surface area (Å²) in [5.41, 5.74) is 8.38. The fourth-order valence-electron chi connectivity index (χ4n) is 4.20. The third-order valence-corrected chi connectivity index (χ3v) is 5.86. The Hall–Kier alpha value is -4.20.